The fourth-order valence-corrected chi connectivity index (χ4v) is 4.15. The molecule has 0 spiro atoms. The number of ketones is 1. The number of methoxy groups -OCH3 is 1. The molecule has 1 saturated heterocycles. The first-order valence-electron chi connectivity index (χ1n) is 10.9. The van der Waals surface area contributed by atoms with Crippen LogP contribution in [0.25, 0.3) is 5.76 Å². The lowest BCUT2D eigenvalue weighted by Crippen LogP contribution is -2.29. The monoisotopic (exact) mass is 459 g/mol. The van der Waals surface area contributed by atoms with E-state index in [0.29, 0.717) is 22.6 Å². The van der Waals surface area contributed by atoms with Gasteiger partial charge in [-0.05, 0) is 52.9 Å². The summed E-state index contributed by atoms with van der Waals surface area (Å²) in [5, 5.41) is 11.5. The summed E-state index contributed by atoms with van der Waals surface area (Å²) in [6.45, 7) is 6.10. The van der Waals surface area contributed by atoms with E-state index in [1.165, 1.54) is 36.3 Å². The number of Topliss-reactive ketones (excluding diaryl/α,β-unsaturated/α-hetero) is 1. The highest BCUT2D eigenvalue weighted by molar-refractivity contribution is 6.51. The molecule has 1 heterocycles. The normalized spacial score (nSPS) is 17.8. The number of anilines is 1. The first kappa shape index (κ1) is 23.2. The van der Waals surface area contributed by atoms with Crippen LogP contribution in [0.4, 0.5) is 10.1 Å². The number of nitrogens with zero attached hydrogens (tertiary/aromatic N) is 1. The number of ether oxygens (including phenoxy) is 1. The zero-order valence-corrected chi connectivity index (χ0v) is 19.5. The van der Waals surface area contributed by atoms with Gasteiger partial charge in [0.15, 0.2) is 0 Å². The Hall–Kier alpha value is -3.93. The summed E-state index contributed by atoms with van der Waals surface area (Å²) in [6.07, 6.45) is 0. The second-order valence-corrected chi connectivity index (χ2v) is 9.22. The highest BCUT2D eigenvalue weighted by Crippen LogP contribution is 2.43. The summed E-state index contributed by atoms with van der Waals surface area (Å²) in [4.78, 5) is 27.9. The molecule has 4 rings (SSSR count). The lowest BCUT2D eigenvalue weighted by Gasteiger charge is -2.26. The molecule has 1 atom stereocenters. The fraction of sp³-hybridized carbons (Fsp3) is 0.214. The Balaban J connectivity index is 1.99. The molecule has 1 fully saturated rings. The van der Waals surface area contributed by atoms with Crippen LogP contribution in [0, 0.1) is 5.82 Å². The van der Waals surface area contributed by atoms with E-state index in [1.54, 1.807) is 42.5 Å². The van der Waals surface area contributed by atoms with Crippen LogP contribution >= 0.6 is 0 Å². The number of amides is 1. The van der Waals surface area contributed by atoms with Gasteiger partial charge in [0.1, 0.15) is 17.3 Å². The van der Waals surface area contributed by atoms with E-state index in [4.69, 9.17) is 4.74 Å². The predicted molar refractivity (Wildman–Crippen MR) is 129 cm³/mol. The van der Waals surface area contributed by atoms with Crippen LogP contribution in [0.5, 0.6) is 5.75 Å². The van der Waals surface area contributed by atoms with E-state index < -0.39 is 23.5 Å². The number of carbonyl (C=O) groups excluding carboxylic acids is 2. The van der Waals surface area contributed by atoms with Crippen molar-refractivity contribution in [1.29, 1.82) is 0 Å². The van der Waals surface area contributed by atoms with Gasteiger partial charge in [-0.2, -0.15) is 0 Å². The van der Waals surface area contributed by atoms with Gasteiger partial charge in [0.05, 0.1) is 24.3 Å². The van der Waals surface area contributed by atoms with E-state index in [1.807, 2.05) is 26.8 Å². The summed E-state index contributed by atoms with van der Waals surface area (Å²) >= 11 is 0. The summed E-state index contributed by atoms with van der Waals surface area (Å²) in [6, 6.07) is 18.8. The second kappa shape index (κ2) is 8.78. The van der Waals surface area contributed by atoms with Gasteiger partial charge in [0, 0.05) is 5.69 Å². The molecule has 0 saturated carbocycles. The van der Waals surface area contributed by atoms with Crippen LogP contribution in [0.2, 0.25) is 0 Å². The zero-order chi connectivity index (χ0) is 24.6. The van der Waals surface area contributed by atoms with Crippen LogP contribution in [0.3, 0.4) is 0 Å². The van der Waals surface area contributed by atoms with Gasteiger partial charge in [-0.25, -0.2) is 4.39 Å². The first-order valence-corrected chi connectivity index (χ1v) is 10.9. The summed E-state index contributed by atoms with van der Waals surface area (Å²) in [5.41, 5.74) is 1.92. The Kier molecular flexibility index (Phi) is 6.00. The van der Waals surface area contributed by atoms with Gasteiger partial charge in [-0.15, -0.1) is 0 Å². The summed E-state index contributed by atoms with van der Waals surface area (Å²) < 4.78 is 19.2. The number of aliphatic hydroxyl groups excluding tert-OH is 1. The Morgan fingerprint density at radius 2 is 1.62 bits per heavy atom. The van der Waals surface area contributed by atoms with Crippen LogP contribution in [-0.2, 0) is 15.0 Å². The predicted octanol–water partition coefficient (Wildman–Crippen LogP) is 5.76. The molecule has 1 aliphatic rings. The van der Waals surface area contributed by atoms with Crippen molar-refractivity contribution in [2.24, 2.45) is 0 Å². The van der Waals surface area contributed by atoms with Crippen LogP contribution in [-0.4, -0.2) is 23.9 Å². The van der Waals surface area contributed by atoms with Crippen molar-refractivity contribution >= 4 is 23.1 Å². The Bertz CT molecular complexity index is 1270. The number of hydrogen-bond acceptors (Lipinski definition) is 4. The van der Waals surface area contributed by atoms with Crippen molar-refractivity contribution in [3.63, 3.8) is 0 Å². The SMILES string of the molecule is COc1ccc(C(C)(C)C)cc1/C(O)=C1\C(=O)C(=O)N(c2ccccc2)C1c1ccc(F)cc1. The largest absolute Gasteiger partial charge is 0.507 e. The maximum Gasteiger partial charge on any atom is 0.300 e. The molecule has 0 radical (unpaired) electrons. The highest BCUT2D eigenvalue weighted by atomic mass is 19.1. The minimum atomic E-state index is -0.939. The molecule has 1 amide bonds. The van der Waals surface area contributed by atoms with Gasteiger partial charge < -0.3 is 9.84 Å². The van der Waals surface area contributed by atoms with Crippen molar-refractivity contribution in [1.82, 2.24) is 0 Å². The van der Waals surface area contributed by atoms with E-state index >= 15 is 0 Å². The highest BCUT2D eigenvalue weighted by Gasteiger charge is 2.47. The van der Waals surface area contributed by atoms with Gasteiger partial charge in [0.2, 0.25) is 0 Å². The molecule has 1 N–H and O–H groups in total. The molecular weight excluding hydrogens is 433 g/mol. The molecule has 0 bridgehead atoms. The zero-order valence-electron chi connectivity index (χ0n) is 19.5. The van der Waals surface area contributed by atoms with Crippen molar-refractivity contribution in [3.05, 3.63) is 101 Å². The Morgan fingerprint density at radius 1 is 0.971 bits per heavy atom. The van der Waals surface area contributed by atoms with Crippen molar-refractivity contribution in [2.75, 3.05) is 12.0 Å². The quantitative estimate of drug-likeness (QED) is 0.306. The molecule has 34 heavy (non-hydrogen) atoms. The smallest absolute Gasteiger partial charge is 0.300 e. The number of hydrogen-bond donors (Lipinski definition) is 1. The van der Waals surface area contributed by atoms with E-state index in [-0.39, 0.29) is 16.7 Å². The number of para-hydroxylation sites is 1. The minimum absolute atomic E-state index is 0.0789. The first-order chi connectivity index (χ1) is 16.1. The molecule has 6 heteroatoms. The van der Waals surface area contributed by atoms with E-state index in [2.05, 4.69) is 0 Å². The average molecular weight is 460 g/mol. The molecule has 174 valence electrons. The summed E-state index contributed by atoms with van der Waals surface area (Å²) in [5.74, 6) is -2.00. The maximum absolute atomic E-state index is 13.7. The number of benzene rings is 3. The second-order valence-electron chi connectivity index (χ2n) is 9.22. The third-order valence-corrected chi connectivity index (χ3v) is 5.99. The molecule has 0 aliphatic carbocycles. The maximum atomic E-state index is 13.7. The molecule has 0 aromatic heterocycles. The standard InChI is InChI=1S/C28H26FNO4/c1-28(2,3)18-12-15-22(34-4)21(16-18)25(31)23-24(17-10-13-19(29)14-11-17)30(27(33)26(23)32)20-8-6-5-7-9-20/h5-16,24,31H,1-4H3/b25-23+. The Labute approximate surface area is 198 Å². The average Bonchev–Trinajstić information content (AvgIpc) is 3.09. The van der Waals surface area contributed by atoms with Gasteiger partial charge >= 0.3 is 0 Å². The fourth-order valence-electron chi connectivity index (χ4n) is 4.15. The lowest BCUT2D eigenvalue weighted by atomic mass is 9.85. The minimum Gasteiger partial charge on any atom is -0.507 e. The third-order valence-electron chi connectivity index (χ3n) is 5.99. The van der Waals surface area contributed by atoms with Crippen LogP contribution in [0.15, 0.2) is 78.4 Å². The number of halogens is 1. The van der Waals surface area contributed by atoms with Gasteiger partial charge in [-0.1, -0.05) is 57.2 Å². The number of carbonyl (C=O) groups is 2. The number of rotatable bonds is 4. The summed E-state index contributed by atoms with van der Waals surface area (Å²) in [7, 11) is 1.48. The Morgan fingerprint density at radius 3 is 2.21 bits per heavy atom. The molecule has 3 aromatic carbocycles. The number of aliphatic hydroxyl groups is 1. The molecular formula is C28H26FNO4. The van der Waals surface area contributed by atoms with Crippen molar-refractivity contribution < 1.29 is 23.8 Å². The third kappa shape index (κ3) is 4.07. The van der Waals surface area contributed by atoms with Crippen molar-refractivity contribution in [3.8, 4) is 5.75 Å². The molecule has 1 unspecified atom stereocenters. The topological polar surface area (TPSA) is 66.8 Å². The lowest BCUT2D eigenvalue weighted by molar-refractivity contribution is -0.132. The van der Waals surface area contributed by atoms with Gasteiger partial charge in [0.25, 0.3) is 11.7 Å². The van der Waals surface area contributed by atoms with Gasteiger partial charge in [-0.3, -0.25) is 14.5 Å². The van der Waals surface area contributed by atoms with E-state index in [9.17, 15) is 19.1 Å². The molecule has 5 nitrogen and oxygen atoms in total. The van der Waals surface area contributed by atoms with E-state index in [0.717, 1.165) is 5.56 Å². The molecule has 3 aromatic rings. The molecule has 1 aliphatic heterocycles. The van der Waals surface area contributed by atoms with Crippen LogP contribution < -0.4 is 9.64 Å². The van der Waals surface area contributed by atoms with Crippen molar-refractivity contribution in [2.45, 2.75) is 32.2 Å². The van der Waals surface area contributed by atoms with Crippen LogP contribution in [0.1, 0.15) is 43.5 Å².